The van der Waals surface area contributed by atoms with Gasteiger partial charge in [-0.05, 0) is 52.1 Å². The van der Waals surface area contributed by atoms with Crippen LogP contribution in [0.25, 0.3) is 0 Å². The summed E-state index contributed by atoms with van der Waals surface area (Å²) in [6.07, 6.45) is 1.79. The molecule has 1 saturated heterocycles. The summed E-state index contributed by atoms with van der Waals surface area (Å²) in [5.41, 5.74) is -0.562. The third kappa shape index (κ3) is 6.95. The molecule has 0 radical (unpaired) electrons. The van der Waals surface area contributed by atoms with Crippen molar-refractivity contribution in [1.29, 1.82) is 0 Å². The van der Waals surface area contributed by atoms with Crippen LogP contribution in [0.1, 0.15) is 47.0 Å². The summed E-state index contributed by atoms with van der Waals surface area (Å²) >= 11 is 0. The first-order chi connectivity index (χ1) is 10.8. The molecule has 24 heavy (non-hydrogen) atoms. The minimum atomic E-state index is -0.603. The fourth-order valence-corrected chi connectivity index (χ4v) is 2.93. The summed E-state index contributed by atoms with van der Waals surface area (Å²) in [5, 5.41) is 6.19. The van der Waals surface area contributed by atoms with Crippen LogP contribution in [0.15, 0.2) is 0 Å². The van der Waals surface area contributed by atoms with Crippen LogP contribution in [0, 0.1) is 11.3 Å². The molecule has 1 aliphatic rings. The van der Waals surface area contributed by atoms with Crippen molar-refractivity contribution in [3.8, 4) is 0 Å². The lowest BCUT2D eigenvalue weighted by Gasteiger charge is -2.36. The molecular weight excluding hydrogens is 332 g/mol. The number of ether oxygens (including phenoxy) is 2. The summed E-state index contributed by atoms with van der Waals surface area (Å²) in [5.74, 6) is -0.179. The summed E-state index contributed by atoms with van der Waals surface area (Å²) in [6, 6.07) is -0.603. The van der Waals surface area contributed by atoms with Gasteiger partial charge in [-0.1, -0.05) is 13.8 Å². The minimum Gasteiger partial charge on any atom is -0.461 e. The average Bonchev–Trinajstić information content (AvgIpc) is 2.46. The highest BCUT2D eigenvalue weighted by Gasteiger charge is 2.41. The maximum atomic E-state index is 12.9. The zero-order valence-electron chi connectivity index (χ0n) is 15.5. The molecule has 0 unspecified atom stereocenters. The first-order valence-corrected chi connectivity index (χ1v) is 8.52. The summed E-state index contributed by atoms with van der Waals surface area (Å²) in [4.78, 5) is 25.2. The average molecular weight is 365 g/mol. The van der Waals surface area contributed by atoms with Gasteiger partial charge in [0.25, 0.3) is 0 Å². The van der Waals surface area contributed by atoms with Gasteiger partial charge < -0.3 is 20.1 Å². The number of esters is 1. The number of nitrogens with one attached hydrogen (secondary N) is 2. The van der Waals surface area contributed by atoms with E-state index in [4.69, 9.17) is 9.47 Å². The van der Waals surface area contributed by atoms with E-state index in [-0.39, 0.29) is 36.3 Å². The lowest BCUT2D eigenvalue weighted by atomic mass is 9.78. The molecule has 0 spiro atoms. The van der Waals surface area contributed by atoms with Crippen LogP contribution in [0.3, 0.4) is 0 Å². The number of rotatable bonds is 8. The molecular formula is C17H33ClN2O4. The van der Waals surface area contributed by atoms with Crippen molar-refractivity contribution in [3.05, 3.63) is 0 Å². The fourth-order valence-electron chi connectivity index (χ4n) is 2.93. The van der Waals surface area contributed by atoms with Crippen molar-refractivity contribution >= 4 is 24.3 Å². The van der Waals surface area contributed by atoms with Gasteiger partial charge in [-0.25, -0.2) is 4.79 Å². The van der Waals surface area contributed by atoms with Crippen LogP contribution in [0.5, 0.6) is 0 Å². The third-order valence-electron chi connectivity index (χ3n) is 4.11. The van der Waals surface area contributed by atoms with Crippen molar-refractivity contribution in [2.45, 2.75) is 59.1 Å². The number of hydrogen-bond acceptors (Lipinski definition) is 5. The second-order valence-electron chi connectivity index (χ2n) is 7.10. The lowest BCUT2D eigenvalue weighted by molar-refractivity contribution is -0.154. The number of carbonyl (C=O) groups is 2. The Morgan fingerprint density at radius 2 is 1.75 bits per heavy atom. The van der Waals surface area contributed by atoms with E-state index in [9.17, 15) is 9.59 Å². The van der Waals surface area contributed by atoms with Gasteiger partial charge in [-0.3, -0.25) is 4.79 Å². The molecule has 142 valence electrons. The van der Waals surface area contributed by atoms with E-state index in [1.54, 1.807) is 7.11 Å². The molecule has 7 heteroatoms. The van der Waals surface area contributed by atoms with E-state index in [0.717, 1.165) is 13.1 Å². The first-order valence-electron chi connectivity index (χ1n) is 8.52. The molecule has 0 bridgehead atoms. The molecule has 0 saturated carbocycles. The van der Waals surface area contributed by atoms with E-state index < -0.39 is 11.5 Å². The van der Waals surface area contributed by atoms with E-state index in [2.05, 4.69) is 10.6 Å². The second-order valence-corrected chi connectivity index (χ2v) is 7.10. The Bertz CT molecular complexity index is 391. The van der Waals surface area contributed by atoms with Gasteiger partial charge in [-0.2, -0.15) is 0 Å². The Morgan fingerprint density at radius 1 is 1.17 bits per heavy atom. The minimum absolute atomic E-state index is 0. The van der Waals surface area contributed by atoms with E-state index in [1.165, 1.54) is 0 Å². The smallest absolute Gasteiger partial charge is 0.328 e. The normalized spacial score (nSPS) is 18.0. The van der Waals surface area contributed by atoms with Gasteiger partial charge in [0.1, 0.15) is 6.04 Å². The molecule has 1 heterocycles. The Hall–Kier alpha value is -0.850. The number of piperidine rings is 1. The maximum Gasteiger partial charge on any atom is 0.328 e. The summed E-state index contributed by atoms with van der Waals surface area (Å²) in [7, 11) is 1.61. The van der Waals surface area contributed by atoms with Crippen LogP contribution in [0.4, 0.5) is 0 Å². The van der Waals surface area contributed by atoms with Crippen molar-refractivity contribution in [2.75, 3.05) is 26.8 Å². The predicted molar refractivity (Wildman–Crippen MR) is 96.3 cm³/mol. The molecule has 1 amide bonds. The third-order valence-corrected chi connectivity index (χ3v) is 4.11. The van der Waals surface area contributed by atoms with E-state index in [0.29, 0.717) is 25.9 Å². The van der Waals surface area contributed by atoms with Crippen LogP contribution in [0.2, 0.25) is 0 Å². The highest BCUT2D eigenvalue weighted by molar-refractivity contribution is 5.88. The number of halogens is 1. The molecule has 0 aliphatic carbocycles. The Kier molecular flexibility index (Phi) is 10.5. The zero-order valence-corrected chi connectivity index (χ0v) is 16.3. The number of carbonyl (C=O) groups excluding carboxylic acids is 2. The quantitative estimate of drug-likeness (QED) is 0.643. The van der Waals surface area contributed by atoms with Crippen LogP contribution < -0.4 is 10.6 Å². The Labute approximate surface area is 151 Å². The predicted octanol–water partition coefficient (Wildman–Crippen LogP) is 1.91. The molecule has 2 N–H and O–H groups in total. The van der Waals surface area contributed by atoms with Gasteiger partial charge in [0.05, 0.1) is 18.1 Å². The van der Waals surface area contributed by atoms with Gasteiger partial charge in [0.15, 0.2) is 0 Å². The number of amides is 1. The molecule has 1 rings (SSSR count). The fraction of sp³-hybridized carbons (Fsp3) is 0.882. The van der Waals surface area contributed by atoms with Gasteiger partial charge in [0, 0.05) is 7.11 Å². The molecule has 1 atom stereocenters. The van der Waals surface area contributed by atoms with Crippen molar-refractivity contribution in [3.63, 3.8) is 0 Å². The molecule has 0 aromatic heterocycles. The van der Waals surface area contributed by atoms with Crippen LogP contribution in [-0.4, -0.2) is 50.8 Å². The van der Waals surface area contributed by atoms with Gasteiger partial charge in [-0.15, -0.1) is 12.4 Å². The standard InChI is InChI=1S/C17H32N2O4.ClH/c1-12(2)10-14(15(20)23-13(3)4)19-16(21)17(11-22-5)6-8-18-9-7-17;/h12-14,18H,6-11H2,1-5H3,(H,19,21);1H/t14-;/m0./s1. The lowest BCUT2D eigenvalue weighted by Crippen LogP contribution is -2.54. The maximum absolute atomic E-state index is 12.9. The molecule has 1 aliphatic heterocycles. The SMILES string of the molecule is COCC1(C(=O)N[C@@H](CC(C)C)C(=O)OC(C)C)CCNCC1.Cl. The number of hydrogen-bond donors (Lipinski definition) is 2. The second kappa shape index (κ2) is 10.9. The topological polar surface area (TPSA) is 76.7 Å². The van der Waals surface area contributed by atoms with Gasteiger partial charge >= 0.3 is 5.97 Å². The molecule has 6 nitrogen and oxygen atoms in total. The Balaban J connectivity index is 0.00000529. The largest absolute Gasteiger partial charge is 0.461 e. The van der Waals surface area contributed by atoms with Crippen LogP contribution in [-0.2, 0) is 19.1 Å². The zero-order chi connectivity index (χ0) is 17.5. The highest BCUT2D eigenvalue weighted by Crippen LogP contribution is 2.30. The van der Waals surface area contributed by atoms with E-state index >= 15 is 0 Å². The molecule has 1 fully saturated rings. The first kappa shape index (κ1) is 23.1. The summed E-state index contributed by atoms with van der Waals surface area (Å²) < 4.78 is 10.6. The Morgan fingerprint density at radius 3 is 2.21 bits per heavy atom. The molecule has 0 aromatic carbocycles. The highest BCUT2D eigenvalue weighted by atomic mass is 35.5. The van der Waals surface area contributed by atoms with Crippen molar-refractivity contribution < 1.29 is 19.1 Å². The van der Waals surface area contributed by atoms with Crippen molar-refractivity contribution in [2.24, 2.45) is 11.3 Å². The monoisotopic (exact) mass is 364 g/mol. The summed E-state index contributed by atoms with van der Waals surface area (Å²) in [6.45, 7) is 9.60. The van der Waals surface area contributed by atoms with Crippen molar-refractivity contribution in [1.82, 2.24) is 10.6 Å². The van der Waals surface area contributed by atoms with Gasteiger partial charge in [0.2, 0.25) is 5.91 Å². The number of methoxy groups -OCH3 is 1. The molecule has 0 aromatic rings. The van der Waals surface area contributed by atoms with Crippen LogP contribution >= 0.6 is 12.4 Å². The van der Waals surface area contributed by atoms with E-state index in [1.807, 2.05) is 27.7 Å².